The maximum absolute atomic E-state index is 14.1. The molecule has 13 heteroatoms. The number of hydrogen-bond donors (Lipinski definition) is 4. The van der Waals surface area contributed by atoms with Crippen molar-refractivity contribution < 1.29 is 22.8 Å². The van der Waals surface area contributed by atoms with Gasteiger partial charge in [0.05, 0.1) is 16.8 Å². The summed E-state index contributed by atoms with van der Waals surface area (Å²) < 4.78 is 42.4. The first kappa shape index (κ1) is 33.9. The van der Waals surface area contributed by atoms with Gasteiger partial charge in [-0.2, -0.15) is 13.2 Å². The predicted molar refractivity (Wildman–Crippen MR) is 179 cm³/mol. The Morgan fingerprint density at radius 3 is 2.43 bits per heavy atom. The molecule has 0 bridgehead atoms. The number of nitrogens with zero attached hydrogens (tertiary/aromatic N) is 4. The molecular formula is C34H41F3N8O2. The zero-order valence-electron chi connectivity index (χ0n) is 27.1. The predicted octanol–water partition coefficient (Wildman–Crippen LogP) is 5.51. The Morgan fingerprint density at radius 1 is 0.979 bits per heavy atom. The van der Waals surface area contributed by atoms with Crippen LogP contribution in [-0.4, -0.2) is 96.4 Å². The summed E-state index contributed by atoms with van der Waals surface area (Å²) in [5.74, 6) is -1.09. The number of piperazine rings is 1. The molecule has 3 heterocycles. The standard InChI is InChI=1S/C34H41F3N8O2/c1-5-44-14-16-45(17-15-44)21-24-8-7-23(18-28(24)34(35,36)37)32(46)41-25-9-6-22(2)29(19-25)42-33(47)27-20-40-31-26(10-11-39-31)30(27)38-12-13-43(3)4/h6-11,18-20H,5,12-17,21H2,1-4H3,(H,41,46)(H,42,47)(H2,38,39,40). The van der Waals surface area contributed by atoms with Crippen molar-refractivity contribution in [2.75, 3.05) is 75.9 Å². The highest BCUT2D eigenvalue weighted by Crippen LogP contribution is 2.34. The normalized spacial score (nSPS) is 14.5. The second kappa shape index (κ2) is 14.5. The number of pyridine rings is 1. The molecule has 0 atom stereocenters. The maximum atomic E-state index is 14.1. The quantitative estimate of drug-likeness (QED) is 0.170. The average Bonchev–Trinajstić information content (AvgIpc) is 3.52. The maximum Gasteiger partial charge on any atom is 0.416 e. The van der Waals surface area contributed by atoms with E-state index < -0.39 is 23.6 Å². The number of amides is 2. The van der Waals surface area contributed by atoms with E-state index in [2.05, 4.69) is 37.7 Å². The number of carbonyl (C=O) groups excluding carboxylic acids is 2. The van der Waals surface area contributed by atoms with Crippen LogP contribution in [0.2, 0.25) is 0 Å². The Labute approximate surface area is 272 Å². The van der Waals surface area contributed by atoms with Gasteiger partial charge >= 0.3 is 6.18 Å². The van der Waals surface area contributed by atoms with Gasteiger partial charge in [0, 0.05) is 80.5 Å². The lowest BCUT2D eigenvalue weighted by molar-refractivity contribution is -0.138. The summed E-state index contributed by atoms with van der Waals surface area (Å²) in [5, 5.41) is 9.73. The van der Waals surface area contributed by atoms with Crippen molar-refractivity contribution >= 4 is 39.9 Å². The molecule has 0 aliphatic carbocycles. The van der Waals surface area contributed by atoms with Gasteiger partial charge in [-0.3, -0.25) is 14.5 Å². The number of anilines is 3. The van der Waals surface area contributed by atoms with Crippen molar-refractivity contribution in [2.24, 2.45) is 0 Å². The Kier molecular flexibility index (Phi) is 10.5. The summed E-state index contributed by atoms with van der Waals surface area (Å²) in [7, 11) is 3.92. The first-order chi connectivity index (χ1) is 22.4. The third-order valence-corrected chi connectivity index (χ3v) is 8.42. The Hall–Kier alpha value is -4.46. The molecule has 5 rings (SSSR count). The number of alkyl halides is 3. The number of carbonyl (C=O) groups is 2. The van der Waals surface area contributed by atoms with Crippen LogP contribution in [0, 0.1) is 6.92 Å². The molecule has 0 saturated carbocycles. The number of nitrogens with one attached hydrogen (secondary N) is 4. The van der Waals surface area contributed by atoms with E-state index in [1.165, 1.54) is 18.3 Å². The second-order valence-corrected chi connectivity index (χ2v) is 12.0. The topological polar surface area (TPSA) is 109 Å². The van der Waals surface area contributed by atoms with Gasteiger partial charge in [-0.1, -0.05) is 19.1 Å². The van der Waals surface area contributed by atoms with Crippen molar-refractivity contribution in [3.8, 4) is 0 Å². The lowest BCUT2D eigenvalue weighted by Crippen LogP contribution is -2.45. The molecule has 1 aliphatic heterocycles. The van der Waals surface area contributed by atoms with Crippen LogP contribution in [0.1, 0.15) is 44.3 Å². The number of halogens is 3. The molecule has 10 nitrogen and oxygen atoms in total. The molecule has 0 unspecified atom stereocenters. The third kappa shape index (κ3) is 8.28. The summed E-state index contributed by atoms with van der Waals surface area (Å²) in [5.41, 5.74) is 2.35. The van der Waals surface area contributed by atoms with Crippen LogP contribution in [0.15, 0.2) is 54.9 Å². The fourth-order valence-electron chi connectivity index (χ4n) is 5.63. The number of fused-ring (bicyclic) bond motifs is 1. The summed E-state index contributed by atoms with van der Waals surface area (Å²) in [4.78, 5) is 40.5. The van der Waals surface area contributed by atoms with E-state index in [0.717, 1.165) is 43.2 Å². The zero-order valence-corrected chi connectivity index (χ0v) is 27.1. The number of aromatic nitrogens is 2. The lowest BCUT2D eigenvalue weighted by Gasteiger charge is -2.34. The Bertz CT molecular complexity index is 1730. The minimum absolute atomic E-state index is 0.109. The van der Waals surface area contributed by atoms with Crippen LogP contribution in [-0.2, 0) is 12.7 Å². The Balaban J connectivity index is 1.32. The number of H-pyrrole nitrogens is 1. The van der Waals surface area contributed by atoms with Crippen LogP contribution in [0.25, 0.3) is 11.0 Å². The zero-order chi connectivity index (χ0) is 33.7. The van der Waals surface area contributed by atoms with E-state index in [0.29, 0.717) is 47.9 Å². The summed E-state index contributed by atoms with van der Waals surface area (Å²) in [6.07, 6.45) is -1.36. The van der Waals surface area contributed by atoms with Gasteiger partial charge in [0.1, 0.15) is 5.65 Å². The monoisotopic (exact) mass is 650 g/mol. The molecule has 0 spiro atoms. The number of aromatic amines is 1. The minimum atomic E-state index is -4.61. The number of hydrogen-bond acceptors (Lipinski definition) is 7. The summed E-state index contributed by atoms with van der Waals surface area (Å²) in [6, 6.07) is 10.5. The molecule has 4 N–H and O–H groups in total. The number of rotatable bonds is 11. The van der Waals surface area contributed by atoms with Crippen LogP contribution in [0.5, 0.6) is 0 Å². The van der Waals surface area contributed by atoms with Gasteiger partial charge in [-0.05, 0) is 69.0 Å². The van der Waals surface area contributed by atoms with Gasteiger partial charge in [-0.25, -0.2) is 4.98 Å². The van der Waals surface area contributed by atoms with Gasteiger partial charge in [-0.15, -0.1) is 0 Å². The first-order valence-electron chi connectivity index (χ1n) is 15.7. The third-order valence-electron chi connectivity index (χ3n) is 8.42. The van der Waals surface area contributed by atoms with E-state index in [4.69, 9.17) is 0 Å². The number of benzene rings is 2. The van der Waals surface area contributed by atoms with Gasteiger partial charge < -0.3 is 30.7 Å². The average molecular weight is 651 g/mol. The highest BCUT2D eigenvalue weighted by molar-refractivity contribution is 6.12. The summed E-state index contributed by atoms with van der Waals surface area (Å²) >= 11 is 0. The van der Waals surface area contributed by atoms with E-state index in [9.17, 15) is 22.8 Å². The van der Waals surface area contributed by atoms with Crippen LogP contribution >= 0.6 is 0 Å². The van der Waals surface area contributed by atoms with Crippen LogP contribution < -0.4 is 16.0 Å². The number of likely N-dealkylation sites (N-methyl/N-ethyl adjacent to an activating group) is 2. The van der Waals surface area contributed by atoms with E-state index in [-0.39, 0.29) is 17.7 Å². The fourth-order valence-corrected chi connectivity index (χ4v) is 5.63. The number of aryl methyl sites for hydroxylation is 1. The Morgan fingerprint density at radius 2 is 1.72 bits per heavy atom. The molecule has 2 aromatic heterocycles. The van der Waals surface area contributed by atoms with Crippen molar-refractivity contribution in [3.05, 3.63) is 82.7 Å². The van der Waals surface area contributed by atoms with Gasteiger partial charge in [0.15, 0.2) is 0 Å². The smallest absolute Gasteiger partial charge is 0.382 e. The molecule has 1 fully saturated rings. The van der Waals surface area contributed by atoms with Crippen LogP contribution in [0.4, 0.5) is 30.2 Å². The first-order valence-corrected chi connectivity index (χ1v) is 15.7. The van der Waals surface area contributed by atoms with E-state index in [1.54, 1.807) is 24.4 Å². The van der Waals surface area contributed by atoms with Gasteiger partial charge in [0.25, 0.3) is 11.8 Å². The molecule has 2 amide bonds. The van der Waals surface area contributed by atoms with E-state index >= 15 is 0 Å². The SMILES string of the molecule is CCN1CCN(Cc2ccc(C(=O)Nc3ccc(C)c(NC(=O)c4cnc5[nH]ccc5c4NCCN(C)C)c3)cc2C(F)(F)F)CC1. The highest BCUT2D eigenvalue weighted by Gasteiger charge is 2.35. The van der Waals surface area contributed by atoms with Crippen molar-refractivity contribution in [1.29, 1.82) is 0 Å². The molecule has 4 aromatic rings. The van der Waals surface area contributed by atoms with Gasteiger partial charge in [0.2, 0.25) is 0 Å². The van der Waals surface area contributed by atoms with Crippen molar-refractivity contribution in [3.63, 3.8) is 0 Å². The molecule has 1 aliphatic rings. The minimum Gasteiger partial charge on any atom is -0.382 e. The van der Waals surface area contributed by atoms with Crippen molar-refractivity contribution in [1.82, 2.24) is 24.7 Å². The summed E-state index contributed by atoms with van der Waals surface area (Å²) in [6.45, 7) is 9.30. The molecule has 1 saturated heterocycles. The van der Waals surface area contributed by atoms with Crippen molar-refractivity contribution in [2.45, 2.75) is 26.6 Å². The highest BCUT2D eigenvalue weighted by atomic mass is 19.4. The molecule has 0 radical (unpaired) electrons. The second-order valence-electron chi connectivity index (χ2n) is 12.0. The fraction of sp³-hybridized carbons (Fsp3) is 0.382. The van der Waals surface area contributed by atoms with Crippen LogP contribution in [0.3, 0.4) is 0 Å². The van der Waals surface area contributed by atoms with E-state index in [1.807, 2.05) is 36.9 Å². The molecule has 2 aromatic carbocycles. The molecule has 250 valence electrons. The lowest BCUT2D eigenvalue weighted by atomic mass is 10.0. The molecular weight excluding hydrogens is 609 g/mol. The largest absolute Gasteiger partial charge is 0.416 e. The molecule has 47 heavy (non-hydrogen) atoms.